The maximum atomic E-state index is 12.2. The standard InChI is InChI=1S/C22H33N3O5/c23-22(29)19(24-20(27)8-4-7-16-5-2-1-3-6-16)15-21(28)25(30)14-13-17-9-11-18(26)12-10-17/h9-12,16,19,26,30H,1-8,13-15H2,(H2,23,29)(H,24,27). The van der Waals surface area contributed by atoms with Crippen LogP contribution in [0.25, 0.3) is 0 Å². The molecule has 1 saturated carbocycles. The Bertz CT molecular complexity index is 701. The van der Waals surface area contributed by atoms with Gasteiger partial charge in [0.05, 0.1) is 13.0 Å². The SMILES string of the molecule is NC(=O)C(CC(=O)N(O)CCc1ccc(O)cc1)NC(=O)CCCC1CCCCC1. The molecule has 1 aromatic rings. The highest BCUT2D eigenvalue weighted by Gasteiger charge is 2.24. The molecule has 1 aliphatic rings. The molecule has 5 N–H and O–H groups in total. The quantitative estimate of drug-likeness (QED) is 0.323. The molecule has 0 spiro atoms. The summed E-state index contributed by atoms with van der Waals surface area (Å²) in [5, 5.41) is 22.3. The average Bonchev–Trinajstić information content (AvgIpc) is 2.73. The molecule has 3 amide bonds. The van der Waals surface area contributed by atoms with Crippen molar-refractivity contribution < 1.29 is 24.7 Å². The lowest BCUT2D eigenvalue weighted by atomic mass is 9.86. The number of carbonyl (C=O) groups excluding carboxylic acids is 3. The van der Waals surface area contributed by atoms with Gasteiger partial charge >= 0.3 is 0 Å². The van der Waals surface area contributed by atoms with Gasteiger partial charge in [0.15, 0.2) is 0 Å². The van der Waals surface area contributed by atoms with Crippen molar-refractivity contribution in [3.8, 4) is 5.75 Å². The number of rotatable bonds is 11. The molecule has 1 aromatic carbocycles. The van der Waals surface area contributed by atoms with Crippen LogP contribution in [0.15, 0.2) is 24.3 Å². The molecule has 0 bridgehead atoms. The summed E-state index contributed by atoms with van der Waals surface area (Å²) in [6, 6.07) is 5.27. The van der Waals surface area contributed by atoms with Gasteiger partial charge < -0.3 is 16.2 Å². The number of nitrogens with two attached hydrogens (primary N) is 1. The molecule has 0 aromatic heterocycles. The molecule has 1 unspecified atom stereocenters. The highest BCUT2D eigenvalue weighted by molar-refractivity contribution is 5.90. The van der Waals surface area contributed by atoms with E-state index in [2.05, 4.69) is 5.32 Å². The molecule has 0 radical (unpaired) electrons. The van der Waals surface area contributed by atoms with Gasteiger partial charge in [-0.2, -0.15) is 0 Å². The predicted octanol–water partition coefficient (Wildman–Crippen LogP) is 2.26. The van der Waals surface area contributed by atoms with Gasteiger partial charge in [0.1, 0.15) is 11.8 Å². The van der Waals surface area contributed by atoms with Crippen LogP contribution in [0.1, 0.15) is 63.4 Å². The normalized spacial score (nSPS) is 15.4. The van der Waals surface area contributed by atoms with Gasteiger partial charge in [-0.1, -0.05) is 44.2 Å². The third-order valence-corrected chi connectivity index (χ3v) is 5.63. The molecule has 8 heteroatoms. The Labute approximate surface area is 177 Å². The number of amides is 3. The van der Waals surface area contributed by atoms with E-state index in [1.165, 1.54) is 44.2 Å². The Balaban J connectivity index is 1.73. The Morgan fingerprint density at radius 1 is 1.13 bits per heavy atom. The summed E-state index contributed by atoms with van der Waals surface area (Å²) < 4.78 is 0. The smallest absolute Gasteiger partial charge is 0.248 e. The van der Waals surface area contributed by atoms with E-state index in [9.17, 15) is 24.7 Å². The molecule has 1 aliphatic carbocycles. The van der Waals surface area contributed by atoms with Crippen molar-refractivity contribution in [3.63, 3.8) is 0 Å². The van der Waals surface area contributed by atoms with Gasteiger partial charge in [-0.05, 0) is 42.9 Å². The number of carbonyl (C=O) groups is 3. The molecule has 0 saturated heterocycles. The van der Waals surface area contributed by atoms with E-state index >= 15 is 0 Å². The number of phenolic OH excluding ortho intramolecular Hbond substituents is 1. The topological polar surface area (TPSA) is 133 Å². The van der Waals surface area contributed by atoms with Crippen molar-refractivity contribution in [1.82, 2.24) is 10.4 Å². The fourth-order valence-corrected chi connectivity index (χ4v) is 3.82. The van der Waals surface area contributed by atoms with E-state index < -0.39 is 24.3 Å². The first kappa shape index (κ1) is 23.7. The lowest BCUT2D eigenvalue weighted by Gasteiger charge is -2.21. The van der Waals surface area contributed by atoms with E-state index in [1.807, 2.05) is 0 Å². The molecule has 1 fully saturated rings. The van der Waals surface area contributed by atoms with Crippen LogP contribution in [0.4, 0.5) is 0 Å². The average molecular weight is 420 g/mol. The number of hydroxylamine groups is 2. The van der Waals surface area contributed by atoms with Crippen LogP contribution in [0, 0.1) is 5.92 Å². The monoisotopic (exact) mass is 419 g/mol. The van der Waals surface area contributed by atoms with Gasteiger partial charge in [-0.15, -0.1) is 0 Å². The third kappa shape index (κ3) is 8.41. The fraction of sp³-hybridized carbons (Fsp3) is 0.591. The minimum absolute atomic E-state index is 0.0183. The predicted molar refractivity (Wildman–Crippen MR) is 111 cm³/mol. The summed E-state index contributed by atoms with van der Waals surface area (Å²) in [5.41, 5.74) is 6.16. The molecule has 8 nitrogen and oxygen atoms in total. The van der Waals surface area contributed by atoms with Gasteiger partial charge in [-0.25, -0.2) is 5.06 Å². The molecule has 0 heterocycles. The minimum Gasteiger partial charge on any atom is -0.508 e. The van der Waals surface area contributed by atoms with Crippen molar-refractivity contribution >= 4 is 17.7 Å². The summed E-state index contributed by atoms with van der Waals surface area (Å²) >= 11 is 0. The van der Waals surface area contributed by atoms with Gasteiger partial charge in [-0.3, -0.25) is 19.6 Å². The number of phenols is 1. The third-order valence-electron chi connectivity index (χ3n) is 5.63. The van der Waals surface area contributed by atoms with Crippen molar-refractivity contribution in [2.24, 2.45) is 11.7 Å². The second-order valence-corrected chi connectivity index (χ2v) is 8.06. The van der Waals surface area contributed by atoms with E-state index in [-0.39, 0.29) is 24.6 Å². The van der Waals surface area contributed by atoms with Crippen molar-refractivity contribution in [1.29, 1.82) is 0 Å². The zero-order valence-corrected chi connectivity index (χ0v) is 17.4. The van der Waals surface area contributed by atoms with E-state index in [1.54, 1.807) is 12.1 Å². The molecule has 30 heavy (non-hydrogen) atoms. The van der Waals surface area contributed by atoms with Crippen LogP contribution in [-0.4, -0.2) is 45.7 Å². The zero-order chi connectivity index (χ0) is 21.9. The Hall–Kier alpha value is -2.61. The van der Waals surface area contributed by atoms with Crippen LogP contribution in [0.3, 0.4) is 0 Å². The summed E-state index contributed by atoms with van der Waals surface area (Å²) in [5.74, 6) is -1.00. The first-order chi connectivity index (χ1) is 14.3. The minimum atomic E-state index is -1.15. The number of hydrogen-bond donors (Lipinski definition) is 4. The van der Waals surface area contributed by atoms with Crippen molar-refractivity contribution in [3.05, 3.63) is 29.8 Å². The summed E-state index contributed by atoms with van der Waals surface area (Å²) in [4.78, 5) is 36.0. The second-order valence-electron chi connectivity index (χ2n) is 8.06. The number of nitrogens with zero attached hydrogens (tertiary/aromatic N) is 1. The second kappa shape index (κ2) is 12.2. The van der Waals surface area contributed by atoms with Gasteiger partial charge in [0, 0.05) is 6.42 Å². The maximum absolute atomic E-state index is 12.2. The molecule has 2 rings (SSSR count). The van der Waals surface area contributed by atoms with E-state index in [0.717, 1.165) is 18.4 Å². The van der Waals surface area contributed by atoms with Gasteiger partial charge in [0.2, 0.25) is 17.7 Å². The first-order valence-corrected chi connectivity index (χ1v) is 10.7. The summed E-state index contributed by atoms with van der Waals surface area (Å²) in [6.07, 6.45) is 8.25. The summed E-state index contributed by atoms with van der Waals surface area (Å²) in [6.45, 7) is 0.0183. The Morgan fingerprint density at radius 3 is 2.43 bits per heavy atom. The van der Waals surface area contributed by atoms with Crippen LogP contribution in [0.5, 0.6) is 5.75 Å². The fourth-order valence-electron chi connectivity index (χ4n) is 3.82. The zero-order valence-electron chi connectivity index (χ0n) is 17.4. The molecular formula is C22H33N3O5. The number of aromatic hydroxyl groups is 1. The number of primary amides is 1. The number of benzene rings is 1. The maximum Gasteiger partial charge on any atom is 0.248 e. The lowest BCUT2D eigenvalue weighted by Crippen LogP contribution is -2.47. The molecule has 166 valence electrons. The number of hydrogen-bond acceptors (Lipinski definition) is 5. The highest BCUT2D eigenvalue weighted by Crippen LogP contribution is 2.27. The molecular weight excluding hydrogens is 386 g/mol. The largest absolute Gasteiger partial charge is 0.508 e. The van der Waals surface area contributed by atoms with Gasteiger partial charge in [0.25, 0.3) is 0 Å². The molecule has 1 atom stereocenters. The summed E-state index contributed by atoms with van der Waals surface area (Å²) in [7, 11) is 0. The highest BCUT2D eigenvalue weighted by atomic mass is 16.5. The van der Waals surface area contributed by atoms with Crippen molar-refractivity contribution in [2.75, 3.05) is 6.54 Å². The lowest BCUT2D eigenvalue weighted by molar-refractivity contribution is -0.166. The molecule has 0 aliphatic heterocycles. The van der Waals surface area contributed by atoms with Crippen LogP contribution in [0.2, 0.25) is 0 Å². The number of nitrogens with one attached hydrogen (secondary N) is 1. The van der Waals surface area contributed by atoms with Crippen LogP contribution in [-0.2, 0) is 20.8 Å². The first-order valence-electron chi connectivity index (χ1n) is 10.7. The van der Waals surface area contributed by atoms with E-state index in [4.69, 9.17) is 5.73 Å². The van der Waals surface area contributed by atoms with Crippen LogP contribution >= 0.6 is 0 Å². The Kier molecular flexibility index (Phi) is 9.60. The Morgan fingerprint density at radius 2 is 1.80 bits per heavy atom. The van der Waals surface area contributed by atoms with Crippen molar-refractivity contribution in [2.45, 2.75) is 70.3 Å². The van der Waals surface area contributed by atoms with E-state index in [0.29, 0.717) is 17.4 Å². The van der Waals surface area contributed by atoms with Crippen LogP contribution < -0.4 is 11.1 Å².